The number of ether oxygens (including phenoxy) is 2. The predicted molar refractivity (Wildman–Crippen MR) is 95.2 cm³/mol. The Balaban J connectivity index is 2.70. The molecule has 1 atom stereocenters. The summed E-state index contributed by atoms with van der Waals surface area (Å²) in [6.07, 6.45) is 0.291. The highest BCUT2D eigenvalue weighted by Gasteiger charge is 2.23. The SMILES string of the molecule is COc1cc([N+](=O)[O-])ccc1NC(=O)COC(=O)[C@H](CC(C)C)NC(N)=O. The Hall–Kier alpha value is -3.37. The molecule has 0 fully saturated rings. The smallest absolute Gasteiger partial charge is 0.329 e. The number of non-ortho nitro benzene ring substituents is 1. The number of benzene rings is 1. The van der Waals surface area contributed by atoms with Crippen LogP contribution in [0.25, 0.3) is 0 Å². The minimum Gasteiger partial charge on any atom is -0.494 e. The second-order valence-electron chi connectivity index (χ2n) is 5.99. The molecular formula is C16H22N4O7. The van der Waals surface area contributed by atoms with Crippen molar-refractivity contribution in [2.45, 2.75) is 26.3 Å². The molecule has 1 aromatic rings. The van der Waals surface area contributed by atoms with Crippen LogP contribution in [0.1, 0.15) is 20.3 Å². The van der Waals surface area contributed by atoms with E-state index >= 15 is 0 Å². The van der Waals surface area contributed by atoms with E-state index in [1.165, 1.54) is 19.2 Å². The highest BCUT2D eigenvalue weighted by Crippen LogP contribution is 2.28. The minimum absolute atomic E-state index is 0.0765. The zero-order valence-electron chi connectivity index (χ0n) is 15.2. The summed E-state index contributed by atoms with van der Waals surface area (Å²) in [5.41, 5.74) is 5.01. The third-order valence-corrected chi connectivity index (χ3v) is 3.32. The maximum Gasteiger partial charge on any atom is 0.329 e. The fraction of sp³-hybridized carbons (Fsp3) is 0.438. The fourth-order valence-corrected chi connectivity index (χ4v) is 2.18. The van der Waals surface area contributed by atoms with E-state index in [0.717, 1.165) is 6.07 Å². The monoisotopic (exact) mass is 382 g/mol. The van der Waals surface area contributed by atoms with Gasteiger partial charge in [0.15, 0.2) is 6.61 Å². The molecule has 11 heteroatoms. The zero-order valence-corrected chi connectivity index (χ0v) is 15.2. The maximum absolute atomic E-state index is 12.0. The quantitative estimate of drug-likeness (QED) is 0.328. The predicted octanol–water partition coefficient (Wildman–Crippen LogP) is 1.17. The summed E-state index contributed by atoms with van der Waals surface area (Å²) in [4.78, 5) is 45.2. The van der Waals surface area contributed by atoms with Gasteiger partial charge in [-0.15, -0.1) is 0 Å². The number of hydrogen-bond acceptors (Lipinski definition) is 7. The highest BCUT2D eigenvalue weighted by atomic mass is 16.6. The minimum atomic E-state index is -0.968. The van der Waals surface area contributed by atoms with Crippen LogP contribution in [0.2, 0.25) is 0 Å². The molecule has 11 nitrogen and oxygen atoms in total. The summed E-state index contributed by atoms with van der Waals surface area (Å²) >= 11 is 0. The lowest BCUT2D eigenvalue weighted by Gasteiger charge is -2.18. The lowest BCUT2D eigenvalue weighted by Crippen LogP contribution is -2.45. The second kappa shape index (κ2) is 9.94. The van der Waals surface area contributed by atoms with Crippen LogP contribution < -0.4 is 21.1 Å². The average molecular weight is 382 g/mol. The Morgan fingerprint density at radius 2 is 1.96 bits per heavy atom. The Morgan fingerprint density at radius 3 is 2.48 bits per heavy atom. The molecule has 0 heterocycles. The van der Waals surface area contributed by atoms with Gasteiger partial charge in [-0.25, -0.2) is 9.59 Å². The zero-order chi connectivity index (χ0) is 20.6. The van der Waals surface area contributed by atoms with Gasteiger partial charge in [0, 0.05) is 6.07 Å². The number of carbonyl (C=O) groups is 3. The van der Waals surface area contributed by atoms with E-state index in [2.05, 4.69) is 10.6 Å². The van der Waals surface area contributed by atoms with Gasteiger partial charge in [-0.1, -0.05) is 13.8 Å². The number of anilines is 1. The lowest BCUT2D eigenvalue weighted by atomic mass is 10.0. The molecule has 27 heavy (non-hydrogen) atoms. The number of primary amides is 1. The first kappa shape index (κ1) is 21.7. The summed E-state index contributed by atoms with van der Waals surface area (Å²) in [7, 11) is 1.29. The average Bonchev–Trinajstić information content (AvgIpc) is 2.58. The highest BCUT2D eigenvalue weighted by molar-refractivity contribution is 5.94. The fourth-order valence-electron chi connectivity index (χ4n) is 2.18. The molecule has 0 aromatic heterocycles. The molecule has 0 unspecified atom stereocenters. The number of amides is 3. The van der Waals surface area contributed by atoms with Crippen molar-refractivity contribution in [3.8, 4) is 5.75 Å². The van der Waals surface area contributed by atoms with Gasteiger partial charge in [0.2, 0.25) is 0 Å². The number of nitro benzene ring substituents is 1. The van der Waals surface area contributed by atoms with E-state index < -0.39 is 35.5 Å². The van der Waals surface area contributed by atoms with Crippen molar-refractivity contribution in [2.75, 3.05) is 19.0 Å². The van der Waals surface area contributed by atoms with E-state index in [9.17, 15) is 24.5 Å². The molecule has 148 valence electrons. The van der Waals surface area contributed by atoms with E-state index in [4.69, 9.17) is 15.2 Å². The van der Waals surface area contributed by atoms with Crippen LogP contribution >= 0.6 is 0 Å². The van der Waals surface area contributed by atoms with Crippen LogP contribution in [0.15, 0.2) is 18.2 Å². The van der Waals surface area contributed by atoms with Crippen molar-refractivity contribution in [3.63, 3.8) is 0 Å². The molecule has 0 saturated carbocycles. The largest absolute Gasteiger partial charge is 0.494 e. The van der Waals surface area contributed by atoms with E-state index in [0.29, 0.717) is 6.42 Å². The maximum atomic E-state index is 12.0. The van der Waals surface area contributed by atoms with Crippen LogP contribution in [0.3, 0.4) is 0 Å². The molecule has 4 N–H and O–H groups in total. The van der Waals surface area contributed by atoms with Crippen molar-refractivity contribution in [3.05, 3.63) is 28.3 Å². The second-order valence-corrected chi connectivity index (χ2v) is 5.99. The van der Waals surface area contributed by atoms with Crippen LogP contribution in [0.5, 0.6) is 5.75 Å². The Kier molecular flexibility index (Phi) is 7.98. The van der Waals surface area contributed by atoms with Crippen LogP contribution in [-0.4, -0.2) is 42.6 Å². The van der Waals surface area contributed by atoms with Gasteiger partial charge in [-0.3, -0.25) is 14.9 Å². The van der Waals surface area contributed by atoms with Gasteiger partial charge in [0.05, 0.1) is 23.8 Å². The van der Waals surface area contributed by atoms with Gasteiger partial charge < -0.3 is 25.8 Å². The van der Waals surface area contributed by atoms with Crippen LogP contribution in [0, 0.1) is 16.0 Å². The van der Waals surface area contributed by atoms with Gasteiger partial charge in [-0.05, 0) is 18.4 Å². The molecule has 3 amide bonds. The summed E-state index contributed by atoms with van der Waals surface area (Å²) in [5.74, 6) is -1.32. The summed E-state index contributed by atoms with van der Waals surface area (Å²) < 4.78 is 9.91. The van der Waals surface area contributed by atoms with Gasteiger partial charge >= 0.3 is 12.0 Å². The number of methoxy groups -OCH3 is 1. The third-order valence-electron chi connectivity index (χ3n) is 3.32. The van der Waals surface area contributed by atoms with E-state index in [-0.39, 0.29) is 23.0 Å². The van der Waals surface area contributed by atoms with Gasteiger partial charge in [0.1, 0.15) is 11.8 Å². The van der Waals surface area contributed by atoms with Crippen molar-refractivity contribution < 1.29 is 28.8 Å². The normalized spacial score (nSPS) is 11.4. The van der Waals surface area contributed by atoms with Crippen LogP contribution in [-0.2, 0) is 14.3 Å². The van der Waals surface area contributed by atoms with Crippen LogP contribution in [0.4, 0.5) is 16.2 Å². The van der Waals surface area contributed by atoms with Gasteiger partial charge in [-0.2, -0.15) is 0 Å². The molecule has 1 rings (SSSR count). The first-order valence-corrected chi connectivity index (χ1v) is 7.99. The van der Waals surface area contributed by atoms with Gasteiger partial charge in [0.25, 0.3) is 11.6 Å². The topological polar surface area (TPSA) is 163 Å². The van der Waals surface area contributed by atoms with Crippen molar-refractivity contribution in [1.82, 2.24) is 5.32 Å². The molecule has 0 radical (unpaired) electrons. The molecule has 0 aliphatic carbocycles. The molecular weight excluding hydrogens is 360 g/mol. The number of nitrogens with zero attached hydrogens (tertiary/aromatic N) is 1. The van der Waals surface area contributed by atoms with Crippen molar-refractivity contribution >= 4 is 29.3 Å². The lowest BCUT2D eigenvalue weighted by molar-refractivity contribution is -0.384. The molecule has 0 bridgehead atoms. The standard InChI is InChI=1S/C16H22N4O7/c1-9(2)6-12(19-16(17)23)15(22)27-8-14(21)18-11-5-4-10(20(24)25)7-13(11)26-3/h4-5,7,9,12H,6,8H2,1-3H3,(H,18,21)(H3,17,19,23)/t12-/m0/s1. The van der Waals surface area contributed by atoms with Crippen molar-refractivity contribution in [2.24, 2.45) is 11.7 Å². The number of nitro groups is 1. The van der Waals surface area contributed by atoms with Crippen molar-refractivity contribution in [1.29, 1.82) is 0 Å². The Labute approximate surface area is 155 Å². The van der Waals surface area contributed by atoms with E-state index in [1.54, 1.807) is 0 Å². The molecule has 0 aliphatic heterocycles. The summed E-state index contributed by atoms with van der Waals surface area (Å²) in [5, 5.41) is 15.5. The third kappa shape index (κ3) is 7.18. The number of esters is 1. The molecule has 0 aliphatic rings. The Bertz CT molecular complexity index is 721. The van der Waals surface area contributed by atoms with E-state index in [1.807, 2.05) is 13.8 Å². The number of urea groups is 1. The first-order valence-electron chi connectivity index (χ1n) is 7.99. The first-order chi connectivity index (χ1) is 12.6. The summed E-state index contributed by atoms with van der Waals surface area (Å²) in [6.45, 7) is 3.07. The molecule has 0 saturated heterocycles. The number of rotatable bonds is 9. The number of carbonyl (C=O) groups excluding carboxylic acids is 3. The summed E-state index contributed by atoms with van der Waals surface area (Å²) in [6, 6.07) is 1.80. The molecule has 0 spiro atoms. The number of nitrogens with one attached hydrogen (secondary N) is 2. The molecule has 1 aromatic carbocycles. The Morgan fingerprint density at radius 1 is 1.30 bits per heavy atom. The number of hydrogen-bond donors (Lipinski definition) is 3. The number of nitrogens with two attached hydrogens (primary N) is 1.